The van der Waals surface area contributed by atoms with Crippen LogP contribution in [0.25, 0.3) is 0 Å². The standard InChI is InChI=1S/C8H14N2S/c1-4-6-10-8(9-3)11-7-5-2/h4-7H,1-3H3,(H,9,10)/b6-4-,7-5+. The summed E-state index contributed by atoms with van der Waals surface area (Å²) in [5, 5.41) is 5.92. The second kappa shape index (κ2) is 7.41. The summed E-state index contributed by atoms with van der Waals surface area (Å²) in [4.78, 5) is 4.03. The molecule has 0 fully saturated rings. The molecule has 1 N–H and O–H groups in total. The molecule has 11 heavy (non-hydrogen) atoms. The van der Waals surface area contributed by atoms with Crippen molar-refractivity contribution in [3.05, 3.63) is 23.8 Å². The smallest absolute Gasteiger partial charge is 0.164 e. The molecule has 0 saturated heterocycles. The Hall–Kier alpha value is -0.700. The maximum absolute atomic E-state index is 4.03. The highest BCUT2D eigenvalue weighted by Gasteiger charge is 1.89. The Kier molecular flexibility index (Phi) is 6.94. The van der Waals surface area contributed by atoms with Crippen molar-refractivity contribution in [3.8, 4) is 0 Å². The van der Waals surface area contributed by atoms with Gasteiger partial charge in [-0.15, -0.1) is 0 Å². The van der Waals surface area contributed by atoms with Gasteiger partial charge in [0.2, 0.25) is 0 Å². The van der Waals surface area contributed by atoms with E-state index in [9.17, 15) is 0 Å². The van der Waals surface area contributed by atoms with Gasteiger partial charge in [-0.2, -0.15) is 0 Å². The first-order valence-electron chi connectivity index (χ1n) is 3.47. The Morgan fingerprint density at radius 3 is 2.55 bits per heavy atom. The van der Waals surface area contributed by atoms with Crippen LogP contribution in [0, 0.1) is 0 Å². The molecule has 0 saturated carbocycles. The monoisotopic (exact) mass is 170 g/mol. The van der Waals surface area contributed by atoms with Gasteiger partial charge in [0.05, 0.1) is 0 Å². The molecule has 0 aliphatic carbocycles. The van der Waals surface area contributed by atoms with Crippen LogP contribution in [0.2, 0.25) is 0 Å². The van der Waals surface area contributed by atoms with Crippen LogP contribution in [0.3, 0.4) is 0 Å². The second-order valence-electron chi connectivity index (χ2n) is 1.76. The van der Waals surface area contributed by atoms with Crippen molar-refractivity contribution in [3.63, 3.8) is 0 Å². The number of nitrogens with one attached hydrogen (secondary N) is 1. The average molecular weight is 170 g/mol. The third-order valence-electron chi connectivity index (χ3n) is 0.892. The van der Waals surface area contributed by atoms with E-state index in [1.54, 1.807) is 18.8 Å². The molecule has 3 heteroatoms. The molecule has 0 bridgehead atoms. The number of aliphatic imine (C=N–C) groups is 1. The number of allylic oxidation sites excluding steroid dienone is 2. The van der Waals surface area contributed by atoms with Crippen molar-refractivity contribution >= 4 is 16.9 Å². The van der Waals surface area contributed by atoms with Crippen LogP contribution in [0.1, 0.15) is 13.8 Å². The summed E-state index contributed by atoms with van der Waals surface area (Å²) in [6.07, 6.45) is 5.77. The number of rotatable bonds is 2. The fourth-order valence-corrected chi connectivity index (χ4v) is 0.945. The first kappa shape index (κ1) is 10.3. The molecule has 62 valence electrons. The van der Waals surface area contributed by atoms with Gasteiger partial charge >= 0.3 is 0 Å². The number of hydrogen-bond acceptors (Lipinski definition) is 2. The van der Waals surface area contributed by atoms with Gasteiger partial charge in [0.1, 0.15) is 0 Å². The van der Waals surface area contributed by atoms with Gasteiger partial charge in [-0.25, -0.2) is 0 Å². The van der Waals surface area contributed by atoms with E-state index in [1.165, 1.54) is 0 Å². The van der Waals surface area contributed by atoms with Crippen LogP contribution in [0.5, 0.6) is 0 Å². The zero-order chi connectivity index (χ0) is 8.53. The average Bonchev–Trinajstić information content (AvgIpc) is 2.05. The third kappa shape index (κ3) is 5.73. The fourth-order valence-electron chi connectivity index (χ4n) is 0.438. The van der Waals surface area contributed by atoms with Crippen LogP contribution < -0.4 is 5.32 Å². The zero-order valence-corrected chi connectivity index (χ0v) is 7.98. The lowest BCUT2D eigenvalue weighted by Crippen LogP contribution is -2.11. The normalized spacial score (nSPS) is 13.2. The summed E-state index contributed by atoms with van der Waals surface area (Å²) in [5.74, 6) is 0. The van der Waals surface area contributed by atoms with E-state index in [2.05, 4.69) is 10.3 Å². The number of amidine groups is 1. The van der Waals surface area contributed by atoms with Crippen molar-refractivity contribution in [1.82, 2.24) is 5.32 Å². The summed E-state index contributed by atoms with van der Waals surface area (Å²) in [7, 11) is 1.77. The van der Waals surface area contributed by atoms with E-state index >= 15 is 0 Å². The Bertz CT molecular complexity index is 155. The van der Waals surface area contributed by atoms with Crippen LogP contribution >= 0.6 is 11.8 Å². The summed E-state index contributed by atoms with van der Waals surface area (Å²) >= 11 is 1.57. The summed E-state index contributed by atoms with van der Waals surface area (Å²) in [5.41, 5.74) is 0. The second-order valence-corrected chi connectivity index (χ2v) is 2.65. The SMILES string of the molecule is C/C=C\NC(=NC)S/C=C/C. The Morgan fingerprint density at radius 2 is 2.09 bits per heavy atom. The topological polar surface area (TPSA) is 24.4 Å². The van der Waals surface area contributed by atoms with E-state index in [0.717, 1.165) is 5.17 Å². The quantitative estimate of drug-likeness (QED) is 0.508. The minimum Gasteiger partial charge on any atom is -0.342 e. The lowest BCUT2D eigenvalue weighted by molar-refractivity contribution is 1.26. The van der Waals surface area contributed by atoms with Gasteiger partial charge in [0.15, 0.2) is 5.17 Å². The molecule has 0 aromatic carbocycles. The first-order chi connectivity index (χ1) is 5.35. The van der Waals surface area contributed by atoms with E-state index in [0.29, 0.717) is 0 Å². The molecule has 0 heterocycles. The highest BCUT2D eigenvalue weighted by molar-refractivity contribution is 8.16. The zero-order valence-electron chi connectivity index (χ0n) is 7.16. The molecular formula is C8H14N2S. The molecule has 0 aliphatic rings. The largest absolute Gasteiger partial charge is 0.342 e. The maximum atomic E-state index is 4.03. The minimum absolute atomic E-state index is 0.904. The molecular weight excluding hydrogens is 156 g/mol. The van der Waals surface area contributed by atoms with Gasteiger partial charge in [-0.3, -0.25) is 4.99 Å². The summed E-state index contributed by atoms with van der Waals surface area (Å²) < 4.78 is 0. The Labute approximate surface area is 72.5 Å². The third-order valence-corrected chi connectivity index (χ3v) is 1.82. The van der Waals surface area contributed by atoms with Crippen molar-refractivity contribution < 1.29 is 0 Å². The highest BCUT2D eigenvalue weighted by Crippen LogP contribution is 2.02. The van der Waals surface area contributed by atoms with E-state index in [1.807, 2.05) is 37.6 Å². The molecule has 0 radical (unpaired) electrons. The molecule has 2 nitrogen and oxygen atoms in total. The van der Waals surface area contributed by atoms with Gasteiger partial charge < -0.3 is 5.32 Å². The maximum Gasteiger partial charge on any atom is 0.164 e. The lowest BCUT2D eigenvalue weighted by atomic mass is 10.7. The number of hydrogen-bond donors (Lipinski definition) is 1. The molecule has 0 rings (SSSR count). The molecule has 0 unspecified atom stereocenters. The van der Waals surface area contributed by atoms with Gasteiger partial charge in [0.25, 0.3) is 0 Å². The van der Waals surface area contributed by atoms with E-state index in [-0.39, 0.29) is 0 Å². The first-order valence-corrected chi connectivity index (χ1v) is 4.35. The minimum atomic E-state index is 0.904. The fraction of sp³-hybridized carbons (Fsp3) is 0.375. The van der Waals surface area contributed by atoms with Crippen molar-refractivity contribution in [1.29, 1.82) is 0 Å². The van der Waals surface area contributed by atoms with Crippen LogP contribution in [-0.2, 0) is 0 Å². The van der Waals surface area contributed by atoms with Crippen LogP contribution in [0.4, 0.5) is 0 Å². The van der Waals surface area contributed by atoms with Gasteiger partial charge in [-0.05, 0) is 25.5 Å². The molecule has 0 atom stereocenters. The number of thioether (sulfide) groups is 1. The van der Waals surface area contributed by atoms with E-state index < -0.39 is 0 Å². The highest BCUT2D eigenvalue weighted by atomic mass is 32.2. The van der Waals surface area contributed by atoms with Crippen LogP contribution in [0.15, 0.2) is 28.8 Å². The molecule has 0 aromatic heterocycles. The summed E-state index contributed by atoms with van der Waals surface area (Å²) in [6, 6.07) is 0. The van der Waals surface area contributed by atoms with Gasteiger partial charge in [-0.1, -0.05) is 23.9 Å². The lowest BCUT2D eigenvalue weighted by Gasteiger charge is -1.98. The molecule has 0 aliphatic heterocycles. The van der Waals surface area contributed by atoms with E-state index in [4.69, 9.17) is 0 Å². The van der Waals surface area contributed by atoms with Crippen molar-refractivity contribution in [2.75, 3.05) is 7.05 Å². The van der Waals surface area contributed by atoms with Crippen molar-refractivity contribution in [2.24, 2.45) is 4.99 Å². The Balaban J connectivity index is 3.78. The predicted octanol–water partition coefficient (Wildman–Crippen LogP) is 2.36. The molecule has 0 amide bonds. The Morgan fingerprint density at radius 1 is 1.36 bits per heavy atom. The van der Waals surface area contributed by atoms with Gasteiger partial charge in [0, 0.05) is 7.05 Å². The van der Waals surface area contributed by atoms with Crippen molar-refractivity contribution in [2.45, 2.75) is 13.8 Å². The van der Waals surface area contributed by atoms with Crippen LogP contribution in [-0.4, -0.2) is 12.2 Å². The molecule has 0 spiro atoms. The summed E-state index contributed by atoms with van der Waals surface area (Å²) in [6.45, 7) is 3.94. The predicted molar refractivity (Wildman–Crippen MR) is 53.7 cm³/mol. The molecule has 0 aromatic rings. The number of nitrogens with zero attached hydrogens (tertiary/aromatic N) is 1.